The predicted octanol–water partition coefficient (Wildman–Crippen LogP) is 3.16. The lowest BCUT2D eigenvalue weighted by Crippen LogP contribution is -2.36. The Balaban J connectivity index is 2.94. The fourth-order valence-corrected chi connectivity index (χ4v) is 2.28. The van der Waals surface area contributed by atoms with Crippen LogP contribution < -0.4 is 0 Å². The van der Waals surface area contributed by atoms with E-state index in [9.17, 15) is 45.3 Å². The summed E-state index contributed by atoms with van der Waals surface area (Å²) in [6.07, 6.45) is -8.51. The summed E-state index contributed by atoms with van der Waals surface area (Å²) in [5.74, 6) is -6.01. The van der Waals surface area contributed by atoms with Crippen LogP contribution in [0.2, 0.25) is 0 Å². The highest BCUT2D eigenvalue weighted by molar-refractivity contribution is 7.85. The van der Waals surface area contributed by atoms with Gasteiger partial charge in [0.1, 0.15) is 5.78 Å². The highest BCUT2D eigenvalue weighted by atomic mass is 32.2. The number of nitro groups is 1. The number of ketones is 1. The Morgan fingerprint density at radius 3 is 2.26 bits per heavy atom. The minimum Gasteiger partial charge on any atom is -0.299 e. The van der Waals surface area contributed by atoms with Gasteiger partial charge in [-0.2, -0.15) is 30.4 Å². The van der Waals surface area contributed by atoms with E-state index >= 15 is 0 Å². The molecule has 7 nitrogen and oxygen atoms in total. The maximum absolute atomic E-state index is 12.9. The number of carbonyl (C=O) groups is 1. The molecular formula is C14H14F5NO6S. The van der Waals surface area contributed by atoms with Gasteiger partial charge >= 0.3 is 12.1 Å². The van der Waals surface area contributed by atoms with E-state index in [0.717, 1.165) is 18.2 Å². The standard InChI is InChI=1S/C14H14F5NO6S/c1-27(24,25)26-8-10-6-11(20(22)23)3-2-9(10)7-12(21)4-5-13(15,16)14(17,18)19/h2-3,6H,4-5,7-8H2,1H3. The van der Waals surface area contributed by atoms with Crippen molar-refractivity contribution in [3.63, 3.8) is 0 Å². The molecule has 1 aromatic rings. The van der Waals surface area contributed by atoms with Gasteiger partial charge in [0.15, 0.2) is 0 Å². The van der Waals surface area contributed by atoms with Crippen LogP contribution in [0.3, 0.4) is 0 Å². The first-order chi connectivity index (χ1) is 12.1. The van der Waals surface area contributed by atoms with Crippen LogP contribution in [0.25, 0.3) is 0 Å². The molecule has 13 heteroatoms. The maximum atomic E-state index is 12.9. The van der Waals surface area contributed by atoms with Crippen LogP contribution in [0.4, 0.5) is 27.6 Å². The molecule has 0 aliphatic carbocycles. The third kappa shape index (κ3) is 7.17. The summed E-state index contributed by atoms with van der Waals surface area (Å²) in [4.78, 5) is 21.8. The second-order valence-electron chi connectivity index (χ2n) is 5.59. The molecule has 0 fully saturated rings. The molecule has 0 aliphatic heterocycles. The van der Waals surface area contributed by atoms with Crippen LogP contribution in [-0.4, -0.2) is 37.5 Å². The van der Waals surface area contributed by atoms with Gasteiger partial charge in [0.2, 0.25) is 0 Å². The number of non-ortho nitro benzene ring substituents is 1. The Kier molecular flexibility index (Phi) is 6.99. The molecule has 0 heterocycles. The molecule has 0 saturated heterocycles. The third-order valence-electron chi connectivity index (χ3n) is 3.35. The Morgan fingerprint density at radius 1 is 1.19 bits per heavy atom. The number of halogens is 5. The van der Waals surface area contributed by atoms with Crippen molar-refractivity contribution in [3.05, 3.63) is 39.4 Å². The van der Waals surface area contributed by atoms with Gasteiger partial charge in [0.05, 0.1) is 17.8 Å². The second-order valence-corrected chi connectivity index (χ2v) is 7.24. The zero-order chi connectivity index (χ0) is 21.0. The normalized spacial score (nSPS) is 12.8. The summed E-state index contributed by atoms with van der Waals surface area (Å²) in [6, 6.07) is 2.99. The fraction of sp³-hybridized carbons (Fsp3) is 0.500. The lowest BCUT2D eigenvalue weighted by atomic mass is 9.99. The van der Waals surface area contributed by atoms with Crippen molar-refractivity contribution in [3.8, 4) is 0 Å². The fourth-order valence-electron chi connectivity index (χ4n) is 1.94. The number of carbonyl (C=O) groups excluding carboxylic acids is 1. The van der Waals surface area contributed by atoms with Gasteiger partial charge in [-0.05, 0) is 11.1 Å². The zero-order valence-corrected chi connectivity index (χ0v) is 14.6. The van der Waals surface area contributed by atoms with Crippen LogP contribution in [0.5, 0.6) is 0 Å². The van der Waals surface area contributed by atoms with Crippen molar-refractivity contribution < 1.29 is 44.3 Å². The molecule has 152 valence electrons. The van der Waals surface area contributed by atoms with Gasteiger partial charge in [-0.3, -0.25) is 19.1 Å². The molecule has 0 unspecified atom stereocenters. The topological polar surface area (TPSA) is 104 Å². The SMILES string of the molecule is CS(=O)(=O)OCc1cc([N+](=O)[O-])ccc1CC(=O)CCC(F)(F)C(F)(F)F. The molecule has 1 aromatic carbocycles. The molecule has 0 spiro atoms. The lowest BCUT2D eigenvalue weighted by molar-refractivity contribution is -0.385. The first-order valence-corrected chi connectivity index (χ1v) is 9.01. The van der Waals surface area contributed by atoms with Gasteiger partial charge in [-0.25, -0.2) is 0 Å². The first-order valence-electron chi connectivity index (χ1n) is 7.19. The molecule has 0 amide bonds. The van der Waals surface area contributed by atoms with Crippen LogP contribution in [-0.2, 0) is 32.1 Å². The molecular weight excluding hydrogens is 405 g/mol. The van der Waals surface area contributed by atoms with Gasteiger partial charge in [0, 0.05) is 31.4 Å². The molecule has 0 radical (unpaired) electrons. The first kappa shape index (κ1) is 22.9. The van der Waals surface area contributed by atoms with Crippen LogP contribution in [0, 0.1) is 10.1 Å². The summed E-state index contributed by atoms with van der Waals surface area (Å²) in [5.41, 5.74) is -0.503. The number of Topliss-reactive ketones (excluding diaryl/α,β-unsaturated/α-hetero) is 1. The average Bonchev–Trinajstić information content (AvgIpc) is 2.50. The number of hydrogen-bond donors (Lipinski definition) is 0. The summed E-state index contributed by atoms with van der Waals surface area (Å²) < 4.78 is 88.7. The Bertz CT molecular complexity index is 822. The van der Waals surface area contributed by atoms with Crippen LogP contribution in [0.1, 0.15) is 24.0 Å². The number of nitrogens with zero attached hydrogens (tertiary/aromatic N) is 1. The Labute approximate surface area is 150 Å². The van der Waals surface area contributed by atoms with Gasteiger partial charge in [-0.15, -0.1) is 0 Å². The molecule has 0 atom stereocenters. The number of benzene rings is 1. The van der Waals surface area contributed by atoms with E-state index in [2.05, 4.69) is 4.18 Å². The molecule has 0 aliphatic rings. The summed E-state index contributed by atoms with van der Waals surface area (Å²) in [6.45, 7) is -0.665. The number of rotatable bonds is 9. The highest BCUT2D eigenvalue weighted by Gasteiger charge is 2.56. The Morgan fingerprint density at radius 2 is 1.78 bits per heavy atom. The summed E-state index contributed by atoms with van der Waals surface area (Å²) >= 11 is 0. The molecule has 1 rings (SSSR count). The van der Waals surface area contributed by atoms with E-state index < -0.39 is 64.5 Å². The predicted molar refractivity (Wildman–Crippen MR) is 81.7 cm³/mol. The van der Waals surface area contributed by atoms with Crippen molar-refractivity contribution in [1.82, 2.24) is 0 Å². The summed E-state index contributed by atoms with van der Waals surface area (Å²) in [7, 11) is -3.93. The number of nitro benzene ring substituents is 1. The number of alkyl halides is 5. The van der Waals surface area contributed by atoms with Crippen molar-refractivity contribution in [2.24, 2.45) is 0 Å². The van der Waals surface area contributed by atoms with Gasteiger partial charge in [-0.1, -0.05) is 6.07 Å². The smallest absolute Gasteiger partial charge is 0.299 e. The molecule has 0 saturated carbocycles. The zero-order valence-electron chi connectivity index (χ0n) is 13.8. The minimum atomic E-state index is -5.78. The molecule has 0 bridgehead atoms. The molecule has 27 heavy (non-hydrogen) atoms. The largest absolute Gasteiger partial charge is 0.453 e. The van der Waals surface area contributed by atoms with Crippen molar-refractivity contribution in [1.29, 1.82) is 0 Å². The van der Waals surface area contributed by atoms with E-state index in [0.29, 0.717) is 6.26 Å². The van der Waals surface area contributed by atoms with Crippen molar-refractivity contribution in [2.75, 3.05) is 6.26 Å². The van der Waals surface area contributed by atoms with E-state index in [1.807, 2.05) is 0 Å². The van der Waals surface area contributed by atoms with Crippen molar-refractivity contribution in [2.45, 2.75) is 38.0 Å². The van der Waals surface area contributed by atoms with E-state index in [1.165, 1.54) is 0 Å². The molecule has 0 N–H and O–H groups in total. The maximum Gasteiger partial charge on any atom is 0.453 e. The van der Waals surface area contributed by atoms with E-state index in [4.69, 9.17) is 0 Å². The molecule has 0 aromatic heterocycles. The van der Waals surface area contributed by atoms with Crippen LogP contribution in [0.15, 0.2) is 18.2 Å². The van der Waals surface area contributed by atoms with Gasteiger partial charge in [0.25, 0.3) is 15.8 Å². The Hall–Kier alpha value is -2.15. The van der Waals surface area contributed by atoms with E-state index in [1.54, 1.807) is 0 Å². The quantitative estimate of drug-likeness (QED) is 0.264. The second kappa shape index (κ2) is 8.25. The number of hydrogen-bond acceptors (Lipinski definition) is 6. The van der Waals surface area contributed by atoms with Crippen LogP contribution >= 0.6 is 0 Å². The van der Waals surface area contributed by atoms with Gasteiger partial charge < -0.3 is 0 Å². The minimum absolute atomic E-state index is 0.0181. The lowest BCUT2D eigenvalue weighted by Gasteiger charge is -2.19. The van der Waals surface area contributed by atoms with E-state index in [-0.39, 0.29) is 11.1 Å². The van der Waals surface area contributed by atoms with Crippen molar-refractivity contribution >= 4 is 21.6 Å². The summed E-state index contributed by atoms with van der Waals surface area (Å²) in [5, 5.41) is 10.8. The monoisotopic (exact) mass is 419 g/mol. The third-order valence-corrected chi connectivity index (χ3v) is 3.90. The highest BCUT2D eigenvalue weighted by Crippen LogP contribution is 2.39. The average molecular weight is 419 g/mol.